The molecule has 0 saturated carbocycles. The summed E-state index contributed by atoms with van der Waals surface area (Å²) in [5.41, 5.74) is 2.38. The van der Waals surface area contributed by atoms with Crippen molar-refractivity contribution in [2.24, 2.45) is 5.84 Å². The molecule has 106 valence electrons. The third-order valence-electron chi connectivity index (χ3n) is 2.46. The molecule has 0 aliphatic rings. The molecular weight excluding hydrogens is 385 g/mol. The number of nitrogen functional groups attached to an aromatic ring is 1. The fourth-order valence-corrected chi connectivity index (χ4v) is 1.91. The van der Waals surface area contributed by atoms with Gasteiger partial charge in [0.25, 0.3) is 5.95 Å². The van der Waals surface area contributed by atoms with Gasteiger partial charge in [0.15, 0.2) is 0 Å². The zero-order valence-electron chi connectivity index (χ0n) is 10.6. The molecule has 9 heteroatoms. The van der Waals surface area contributed by atoms with Crippen molar-refractivity contribution in [1.82, 2.24) is 24.7 Å². The van der Waals surface area contributed by atoms with Gasteiger partial charge in [-0.3, -0.25) is 5.43 Å². The smallest absolute Gasteiger partial charge is 0.328 e. The van der Waals surface area contributed by atoms with Gasteiger partial charge in [-0.1, -0.05) is 0 Å². The highest BCUT2D eigenvalue weighted by molar-refractivity contribution is 14.1. The molecule has 8 nitrogen and oxygen atoms in total. The Bertz CT molecular complexity index is 730. The van der Waals surface area contributed by atoms with Crippen molar-refractivity contribution >= 4 is 28.5 Å². The molecule has 3 aromatic rings. The van der Waals surface area contributed by atoms with E-state index in [1.54, 1.807) is 18.5 Å². The molecule has 0 amide bonds. The Morgan fingerprint density at radius 1 is 1.14 bits per heavy atom. The number of hydrogen-bond donors (Lipinski definition) is 2. The molecule has 0 fully saturated rings. The van der Waals surface area contributed by atoms with Crippen molar-refractivity contribution in [2.75, 3.05) is 5.43 Å². The summed E-state index contributed by atoms with van der Waals surface area (Å²) in [6.07, 6.45) is 3.34. The van der Waals surface area contributed by atoms with Crippen LogP contribution in [0.2, 0.25) is 0 Å². The average Bonchev–Trinajstić information content (AvgIpc) is 3.04. The van der Waals surface area contributed by atoms with Crippen molar-refractivity contribution in [3.05, 3.63) is 46.3 Å². The molecule has 2 heterocycles. The van der Waals surface area contributed by atoms with Gasteiger partial charge in [0.2, 0.25) is 5.95 Å². The van der Waals surface area contributed by atoms with E-state index in [1.807, 2.05) is 24.3 Å². The molecule has 0 spiro atoms. The van der Waals surface area contributed by atoms with E-state index in [1.165, 1.54) is 4.68 Å². The molecule has 3 N–H and O–H groups in total. The number of halogens is 1. The number of hydrogen-bond acceptors (Lipinski definition) is 7. The number of benzene rings is 1. The third-order valence-corrected chi connectivity index (χ3v) is 3.18. The van der Waals surface area contributed by atoms with E-state index in [-0.39, 0.29) is 12.0 Å². The van der Waals surface area contributed by atoms with Crippen LogP contribution in [0.1, 0.15) is 0 Å². The minimum Gasteiger partial charge on any atom is -0.424 e. The zero-order chi connectivity index (χ0) is 14.7. The van der Waals surface area contributed by atoms with E-state index in [2.05, 4.69) is 48.1 Å². The molecular formula is C12H10IN7O. The highest BCUT2D eigenvalue weighted by atomic mass is 127. The van der Waals surface area contributed by atoms with Gasteiger partial charge in [0.1, 0.15) is 5.75 Å². The van der Waals surface area contributed by atoms with Crippen molar-refractivity contribution in [3.8, 4) is 17.7 Å². The fraction of sp³-hybridized carbons (Fsp3) is 0. The number of nitrogens with two attached hydrogens (primary N) is 1. The van der Waals surface area contributed by atoms with E-state index >= 15 is 0 Å². The van der Waals surface area contributed by atoms with Gasteiger partial charge >= 0.3 is 6.01 Å². The third kappa shape index (κ3) is 3.25. The predicted molar refractivity (Wildman–Crippen MR) is 84.0 cm³/mol. The van der Waals surface area contributed by atoms with Crippen LogP contribution in [0.25, 0.3) is 5.95 Å². The summed E-state index contributed by atoms with van der Waals surface area (Å²) < 4.78 is 8.21. The Hall–Kier alpha value is -2.27. The van der Waals surface area contributed by atoms with Crippen LogP contribution in [0, 0.1) is 3.57 Å². The van der Waals surface area contributed by atoms with E-state index in [0.29, 0.717) is 11.7 Å². The molecule has 0 saturated heterocycles. The molecule has 0 aliphatic carbocycles. The maximum absolute atomic E-state index is 5.61. The van der Waals surface area contributed by atoms with Crippen LogP contribution in [0.4, 0.5) is 5.95 Å². The van der Waals surface area contributed by atoms with Gasteiger partial charge in [-0.25, -0.2) is 10.5 Å². The predicted octanol–water partition coefficient (Wildman–Crippen LogP) is 1.74. The van der Waals surface area contributed by atoms with Crippen molar-refractivity contribution in [2.45, 2.75) is 0 Å². The van der Waals surface area contributed by atoms with Gasteiger partial charge < -0.3 is 4.74 Å². The maximum Gasteiger partial charge on any atom is 0.328 e. The molecule has 0 bridgehead atoms. The Morgan fingerprint density at radius 3 is 2.62 bits per heavy atom. The number of hydrazine groups is 1. The molecule has 0 unspecified atom stereocenters. The minimum absolute atomic E-state index is 0.129. The summed E-state index contributed by atoms with van der Waals surface area (Å²) in [5.74, 6) is 6.49. The summed E-state index contributed by atoms with van der Waals surface area (Å²) in [6.45, 7) is 0. The van der Waals surface area contributed by atoms with E-state index in [0.717, 1.165) is 3.57 Å². The van der Waals surface area contributed by atoms with Crippen molar-refractivity contribution < 1.29 is 4.74 Å². The van der Waals surface area contributed by atoms with Crippen LogP contribution in [0.3, 0.4) is 0 Å². The topological polar surface area (TPSA) is 104 Å². The van der Waals surface area contributed by atoms with Crippen LogP contribution in [0.5, 0.6) is 11.8 Å². The Kier molecular flexibility index (Phi) is 3.92. The number of rotatable bonds is 4. The normalized spacial score (nSPS) is 10.4. The summed E-state index contributed by atoms with van der Waals surface area (Å²) in [7, 11) is 0. The first-order valence-electron chi connectivity index (χ1n) is 5.91. The van der Waals surface area contributed by atoms with Crippen LogP contribution < -0.4 is 16.0 Å². The highest BCUT2D eigenvalue weighted by Crippen LogP contribution is 2.20. The van der Waals surface area contributed by atoms with Crippen LogP contribution in [0.15, 0.2) is 42.7 Å². The van der Waals surface area contributed by atoms with Gasteiger partial charge in [0, 0.05) is 16.0 Å². The number of anilines is 1. The number of ether oxygens (including phenoxy) is 1. The first-order valence-corrected chi connectivity index (χ1v) is 6.98. The lowest BCUT2D eigenvalue weighted by Crippen LogP contribution is -2.14. The first-order chi connectivity index (χ1) is 10.2. The van der Waals surface area contributed by atoms with Crippen molar-refractivity contribution in [3.63, 3.8) is 0 Å². The standard InChI is InChI=1S/C12H10IN7O/c13-8-2-4-9(5-3-8)21-12-17-10(19-14)16-11(18-12)20-7-1-6-15-20/h1-7H,14H2,(H,16,17,18,19). The lowest BCUT2D eigenvalue weighted by atomic mass is 10.3. The number of nitrogens with zero attached hydrogens (tertiary/aromatic N) is 5. The minimum atomic E-state index is 0.129. The highest BCUT2D eigenvalue weighted by Gasteiger charge is 2.09. The second-order valence-electron chi connectivity index (χ2n) is 3.89. The first kappa shape index (κ1) is 13.7. The fourth-order valence-electron chi connectivity index (χ4n) is 1.55. The van der Waals surface area contributed by atoms with Crippen LogP contribution in [-0.2, 0) is 0 Å². The molecule has 21 heavy (non-hydrogen) atoms. The molecule has 1 aromatic carbocycles. The van der Waals surface area contributed by atoms with Crippen LogP contribution >= 0.6 is 22.6 Å². The summed E-state index contributed by atoms with van der Waals surface area (Å²) in [5, 5.41) is 4.06. The summed E-state index contributed by atoms with van der Waals surface area (Å²) in [6, 6.07) is 9.40. The molecule has 3 rings (SSSR count). The summed E-state index contributed by atoms with van der Waals surface area (Å²) in [4.78, 5) is 12.4. The van der Waals surface area contributed by atoms with E-state index < -0.39 is 0 Å². The second-order valence-corrected chi connectivity index (χ2v) is 5.14. The maximum atomic E-state index is 5.61. The average molecular weight is 395 g/mol. The molecule has 0 radical (unpaired) electrons. The number of nitrogens with one attached hydrogen (secondary N) is 1. The monoisotopic (exact) mass is 395 g/mol. The zero-order valence-corrected chi connectivity index (χ0v) is 12.8. The lowest BCUT2D eigenvalue weighted by molar-refractivity contribution is 0.438. The van der Waals surface area contributed by atoms with Gasteiger partial charge in [-0.2, -0.15) is 20.1 Å². The SMILES string of the molecule is NNc1nc(Oc2ccc(I)cc2)nc(-n2cccn2)n1. The molecule has 2 aromatic heterocycles. The summed E-state index contributed by atoms with van der Waals surface area (Å²) >= 11 is 2.22. The second kappa shape index (κ2) is 6.01. The van der Waals surface area contributed by atoms with E-state index in [9.17, 15) is 0 Å². The Balaban J connectivity index is 1.94. The van der Waals surface area contributed by atoms with Crippen LogP contribution in [-0.4, -0.2) is 24.7 Å². The lowest BCUT2D eigenvalue weighted by Gasteiger charge is -2.07. The number of aromatic nitrogens is 5. The molecule has 0 aliphatic heterocycles. The van der Waals surface area contributed by atoms with Gasteiger partial charge in [-0.05, 0) is 52.9 Å². The van der Waals surface area contributed by atoms with Crippen molar-refractivity contribution in [1.29, 1.82) is 0 Å². The molecule has 0 atom stereocenters. The van der Waals surface area contributed by atoms with E-state index in [4.69, 9.17) is 10.6 Å². The largest absolute Gasteiger partial charge is 0.424 e. The Labute approximate surface area is 133 Å². The quantitative estimate of drug-likeness (QED) is 0.394. The van der Waals surface area contributed by atoms with Gasteiger partial charge in [-0.15, -0.1) is 0 Å². The van der Waals surface area contributed by atoms with Gasteiger partial charge in [0.05, 0.1) is 0 Å². The Morgan fingerprint density at radius 2 is 1.95 bits per heavy atom.